The highest BCUT2D eigenvalue weighted by molar-refractivity contribution is 6.88. The minimum Gasteiger partial charge on any atom is -0.465 e. The number of hydrogen-bond acceptors (Lipinski definition) is 3. The van der Waals surface area contributed by atoms with Crippen LogP contribution in [0.25, 0.3) is 11.6 Å². The number of piperidine rings is 1. The van der Waals surface area contributed by atoms with Gasteiger partial charge in [0.25, 0.3) is 0 Å². The number of carboxylic acid groups (broad SMARTS) is 1. The van der Waals surface area contributed by atoms with Gasteiger partial charge in [0.2, 0.25) is 0 Å². The van der Waals surface area contributed by atoms with Gasteiger partial charge in [-0.2, -0.15) is 10.4 Å². The Hall–Kier alpha value is -2.85. The zero-order valence-corrected chi connectivity index (χ0v) is 20.1. The fourth-order valence-electron chi connectivity index (χ4n) is 4.35. The monoisotopic (exact) mass is 436 g/mol. The Kier molecular flexibility index (Phi) is 6.42. The van der Waals surface area contributed by atoms with E-state index in [1.807, 2.05) is 30.7 Å². The molecule has 1 atom stereocenters. The van der Waals surface area contributed by atoms with Gasteiger partial charge in [-0.25, -0.2) is 4.79 Å². The van der Waals surface area contributed by atoms with Crippen LogP contribution in [0.2, 0.25) is 19.6 Å². The van der Waals surface area contributed by atoms with Gasteiger partial charge in [-0.1, -0.05) is 49.1 Å². The van der Waals surface area contributed by atoms with Crippen molar-refractivity contribution in [3.8, 4) is 6.07 Å². The number of benzene rings is 1. The average molecular weight is 437 g/mol. The van der Waals surface area contributed by atoms with Crippen LogP contribution in [0.15, 0.2) is 30.3 Å². The summed E-state index contributed by atoms with van der Waals surface area (Å²) in [6.45, 7) is 11.9. The predicted molar refractivity (Wildman–Crippen MR) is 127 cm³/mol. The summed E-state index contributed by atoms with van der Waals surface area (Å²) in [7, 11) is -1.42. The number of carbonyl (C=O) groups is 1. The van der Waals surface area contributed by atoms with E-state index in [0.717, 1.165) is 29.8 Å². The van der Waals surface area contributed by atoms with Crippen LogP contribution in [0.5, 0.6) is 0 Å². The second-order valence-electron chi connectivity index (χ2n) is 9.28. The van der Waals surface area contributed by atoms with Crippen molar-refractivity contribution in [3.05, 3.63) is 47.3 Å². The van der Waals surface area contributed by atoms with Gasteiger partial charge < -0.3 is 5.11 Å². The molecule has 1 amide bonds. The van der Waals surface area contributed by atoms with E-state index in [2.05, 4.69) is 55.1 Å². The van der Waals surface area contributed by atoms with Crippen molar-refractivity contribution in [1.82, 2.24) is 14.7 Å². The van der Waals surface area contributed by atoms with Crippen molar-refractivity contribution in [3.63, 3.8) is 0 Å². The van der Waals surface area contributed by atoms with Crippen LogP contribution in [0.4, 0.5) is 4.79 Å². The average Bonchev–Trinajstić information content (AvgIpc) is 3.11. The Labute approximate surface area is 185 Å². The second-order valence-corrected chi connectivity index (χ2v) is 14.4. The molecule has 31 heavy (non-hydrogen) atoms. The molecule has 1 aromatic heterocycles. The van der Waals surface area contributed by atoms with Crippen LogP contribution in [0, 0.1) is 18.3 Å². The Morgan fingerprint density at radius 3 is 2.52 bits per heavy atom. The zero-order valence-electron chi connectivity index (χ0n) is 19.1. The van der Waals surface area contributed by atoms with Gasteiger partial charge in [-0.3, -0.25) is 9.58 Å². The summed E-state index contributed by atoms with van der Waals surface area (Å²) >= 11 is 0. The molecule has 0 bridgehead atoms. The van der Waals surface area contributed by atoms with E-state index in [1.54, 1.807) is 0 Å². The lowest BCUT2D eigenvalue weighted by atomic mass is 9.79. The fourth-order valence-corrected chi connectivity index (χ4v) is 5.51. The summed E-state index contributed by atoms with van der Waals surface area (Å²) in [6, 6.07) is 12.8. The maximum atomic E-state index is 12.2. The molecule has 2 aromatic rings. The van der Waals surface area contributed by atoms with Gasteiger partial charge in [-0.05, 0) is 50.8 Å². The Balaban J connectivity index is 2.23. The van der Waals surface area contributed by atoms with Crippen molar-refractivity contribution >= 4 is 31.0 Å². The molecule has 0 aliphatic carbocycles. The van der Waals surface area contributed by atoms with E-state index in [9.17, 15) is 15.2 Å². The number of likely N-dealkylation sites (tertiary alicyclic amines) is 1. The van der Waals surface area contributed by atoms with E-state index in [4.69, 9.17) is 0 Å². The maximum absolute atomic E-state index is 12.2. The Morgan fingerprint density at radius 1 is 1.29 bits per heavy atom. The van der Waals surface area contributed by atoms with E-state index < -0.39 is 19.7 Å². The zero-order chi connectivity index (χ0) is 22.8. The highest BCUT2D eigenvalue weighted by atomic mass is 28.3. The van der Waals surface area contributed by atoms with Gasteiger partial charge in [-0.15, -0.1) is 0 Å². The minimum absolute atomic E-state index is 0.355. The van der Waals surface area contributed by atoms with Crippen LogP contribution in [0.1, 0.15) is 43.1 Å². The van der Waals surface area contributed by atoms with Crippen molar-refractivity contribution in [2.24, 2.45) is 0 Å². The van der Waals surface area contributed by atoms with Gasteiger partial charge in [0.1, 0.15) is 0 Å². The van der Waals surface area contributed by atoms with Crippen LogP contribution in [0.3, 0.4) is 0 Å². The van der Waals surface area contributed by atoms with Gasteiger partial charge in [0.05, 0.1) is 25.5 Å². The number of nitriles is 1. The molecule has 1 fully saturated rings. The number of nitrogens with zero attached hydrogens (tertiary/aromatic N) is 4. The first-order chi connectivity index (χ1) is 14.6. The van der Waals surface area contributed by atoms with E-state index in [-0.39, 0.29) is 0 Å². The van der Waals surface area contributed by atoms with Crippen molar-refractivity contribution in [1.29, 1.82) is 5.26 Å². The first-order valence-corrected chi connectivity index (χ1v) is 14.4. The molecule has 1 aromatic carbocycles. The molecule has 1 aliphatic rings. The third-order valence-corrected chi connectivity index (χ3v) is 8.12. The molecular weight excluding hydrogens is 404 g/mol. The SMILES string of the molecule is CCn1nc(C)cc1C(=Cc1ccc([Si](C)(C)C)cc1)C1(C#N)CCCCN1C(=O)O. The summed E-state index contributed by atoms with van der Waals surface area (Å²) < 4.78 is 1.87. The third-order valence-electron chi connectivity index (χ3n) is 6.06. The molecule has 1 unspecified atom stereocenters. The molecule has 0 radical (unpaired) electrons. The number of aromatic nitrogens is 2. The molecule has 0 saturated carbocycles. The van der Waals surface area contributed by atoms with Gasteiger partial charge >= 0.3 is 6.09 Å². The topological polar surface area (TPSA) is 82.2 Å². The van der Waals surface area contributed by atoms with Crippen LogP contribution in [-0.2, 0) is 6.54 Å². The van der Waals surface area contributed by atoms with Crippen LogP contribution >= 0.6 is 0 Å². The quantitative estimate of drug-likeness (QED) is 0.687. The largest absolute Gasteiger partial charge is 0.465 e. The molecular formula is C24H32N4O2Si. The maximum Gasteiger partial charge on any atom is 0.408 e. The number of amides is 1. The molecule has 164 valence electrons. The lowest BCUT2D eigenvalue weighted by Gasteiger charge is -2.42. The second kappa shape index (κ2) is 8.72. The van der Waals surface area contributed by atoms with E-state index in [0.29, 0.717) is 25.1 Å². The lowest BCUT2D eigenvalue weighted by Crippen LogP contribution is -2.54. The van der Waals surface area contributed by atoms with Gasteiger partial charge in [0.15, 0.2) is 5.54 Å². The van der Waals surface area contributed by atoms with Gasteiger partial charge in [0, 0.05) is 18.7 Å². The molecule has 6 nitrogen and oxygen atoms in total. The highest BCUT2D eigenvalue weighted by Gasteiger charge is 2.46. The van der Waals surface area contributed by atoms with Crippen LogP contribution in [-0.4, -0.2) is 46.0 Å². The third kappa shape index (κ3) is 4.44. The first kappa shape index (κ1) is 22.8. The Bertz CT molecular complexity index is 1030. The summed E-state index contributed by atoms with van der Waals surface area (Å²) in [5.41, 5.74) is 2.09. The molecule has 0 spiro atoms. The number of aryl methyl sites for hydroxylation is 2. The van der Waals surface area contributed by atoms with E-state index in [1.165, 1.54) is 10.1 Å². The minimum atomic E-state index is -1.42. The summed E-state index contributed by atoms with van der Waals surface area (Å²) in [6.07, 6.45) is 2.98. The normalized spacial score (nSPS) is 19.9. The highest BCUT2D eigenvalue weighted by Crippen LogP contribution is 2.41. The summed E-state index contributed by atoms with van der Waals surface area (Å²) in [5.74, 6) is 0. The fraction of sp³-hybridized carbons (Fsp3) is 0.458. The molecule has 1 aliphatic heterocycles. The smallest absolute Gasteiger partial charge is 0.408 e. The molecule has 3 rings (SSSR count). The van der Waals surface area contributed by atoms with Crippen molar-refractivity contribution < 1.29 is 9.90 Å². The van der Waals surface area contributed by atoms with Crippen LogP contribution < -0.4 is 5.19 Å². The lowest BCUT2D eigenvalue weighted by molar-refractivity contribution is 0.101. The molecule has 2 heterocycles. The van der Waals surface area contributed by atoms with E-state index >= 15 is 0 Å². The summed E-state index contributed by atoms with van der Waals surface area (Å²) in [5, 5.41) is 26.3. The van der Waals surface area contributed by atoms with Crippen molar-refractivity contribution in [2.75, 3.05) is 6.54 Å². The van der Waals surface area contributed by atoms with Crippen molar-refractivity contribution in [2.45, 2.75) is 64.8 Å². The first-order valence-electron chi connectivity index (χ1n) is 10.9. The molecule has 1 saturated heterocycles. The predicted octanol–water partition coefficient (Wildman–Crippen LogP) is 4.72. The number of rotatable bonds is 5. The molecule has 7 heteroatoms. The standard InChI is InChI=1S/C24H32N4O2Si/c1-6-28-22(15-18(2)26-28)21(16-19-9-11-20(12-10-19)31(3,4)5)24(17-25)13-7-8-14-27(24)23(29)30/h9-12,15-16H,6-8,13-14H2,1-5H3,(H,29,30). The Morgan fingerprint density at radius 2 is 1.97 bits per heavy atom. The molecule has 1 N–H and O–H groups in total. The summed E-state index contributed by atoms with van der Waals surface area (Å²) in [4.78, 5) is 13.5. The number of hydrogen-bond donors (Lipinski definition) is 1.